The van der Waals surface area contributed by atoms with Crippen LogP contribution >= 0.6 is 7.37 Å². The lowest BCUT2D eigenvalue weighted by molar-refractivity contribution is 0.304. The van der Waals surface area contributed by atoms with E-state index < -0.39 is 7.37 Å². The Kier molecular flexibility index (Phi) is 9.37. The van der Waals surface area contributed by atoms with Crippen LogP contribution in [0.25, 0.3) is 11.1 Å². The fourth-order valence-corrected chi connectivity index (χ4v) is 5.65. The summed E-state index contributed by atoms with van der Waals surface area (Å²) in [5.41, 5.74) is 5.36. The number of hydrogen-bond acceptors (Lipinski definition) is 4. The topological polar surface area (TPSA) is 48.4 Å². The molecule has 4 nitrogen and oxygen atoms in total. The molecule has 0 saturated heterocycles. The van der Waals surface area contributed by atoms with Gasteiger partial charge in [0, 0.05) is 23.6 Å². The van der Waals surface area contributed by atoms with Gasteiger partial charge in [-0.3, -0.25) is 9.55 Å². The SMILES string of the molecule is CCOP(C)(=O)[C@H](C)Cc1cccc(OCc2ccc(-c3cc(C)ncc3F)c([C@@H](C)C(C)(C)C)c2)c1. The van der Waals surface area contributed by atoms with Gasteiger partial charge < -0.3 is 9.26 Å². The predicted molar refractivity (Wildman–Crippen MR) is 151 cm³/mol. The zero-order valence-corrected chi connectivity index (χ0v) is 24.4. The molecule has 1 aromatic heterocycles. The minimum absolute atomic E-state index is 0.00197. The largest absolute Gasteiger partial charge is 0.489 e. The molecule has 0 spiro atoms. The molecule has 2 aromatic carbocycles. The first kappa shape index (κ1) is 29.1. The van der Waals surface area contributed by atoms with E-state index >= 15 is 0 Å². The monoisotopic (exact) mass is 525 g/mol. The molecule has 3 rings (SSSR count). The number of hydrogen-bond donors (Lipinski definition) is 0. The van der Waals surface area contributed by atoms with Crippen molar-refractivity contribution in [2.24, 2.45) is 5.41 Å². The summed E-state index contributed by atoms with van der Waals surface area (Å²) in [6.45, 7) is 17.1. The van der Waals surface area contributed by atoms with E-state index in [1.165, 1.54) is 6.20 Å². The van der Waals surface area contributed by atoms with Crippen molar-refractivity contribution in [1.82, 2.24) is 4.98 Å². The van der Waals surface area contributed by atoms with Crippen LogP contribution in [0.3, 0.4) is 0 Å². The minimum Gasteiger partial charge on any atom is -0.489 e. The normalized spacial score (nSPS) is 15.2. The van der Waals surface area contributed by atoms with Crippen LogP contribution in [0, 0.1) is 18.2 Å². The third-order valence-corrected chi connectivity index (χ3v) is 9.74. The molecule has 6 heteroatoms. The Morgan fingerprint density at radius 1 is 1.03 bits per heavy atom. The summed E-state index contributed by atoms with van der Waals surface area (Å²) in [5.74, 6) is 0.636. The molecule has 0 aliphatic rings. The summed E-state index contributed by atoms with van der Waals surface area (Å²) in [5, 5.41) is 0. The van der Waals surface area contributed by atoms with Gasteiger partial charge in [0.1, 0.15) is 18.2 Å². The lowest BCUT2D eigenvalue weighted by Crippen LogP contribution is -2.16. The molecule has 3 atom stereocenters. The van der Waals surface area contributed by atoms with Crippen LogP contribution in [-0.2, 0) is 22.1 Å². The van der Waals surface area contributed by atoms with Crippen LogP contribution in [0.5, 0.6) is 5.75 Å². The first-order valence-corrected chi connectivity index (χ1v) is 15.1. The predicted octanol–water partition coefficient (Wildman–Crippen LogP) is 8.80. The van der Waals surface area contributed by atoms with Gasteiger partial charge in [-0.05, 0) is 72.1 Å². The lowest BCUT2D eigenvalue weighted by Gasteiger charge is -2.30. The molecule has 37 heavy (non-hydrogen) atoms. The number of rotatable bonds is 10. The van der Waals surface area contributed by atoms with Crippen LogP contribution in [0.1, 0.15) is 69.8 Å². The quantitative estimate of drug-likeness (QED) is 0.248. The number of benzene rings is 2. The summed E-state index contributed by atoms with van der Waals surface area (Å²) in [4.78, 5) is 4.10. The molecule has 200 valence electrons. The molecule has 0 aliphatic heterocycles. The molecule has 0 bridgehead atoms. The highest BCUT2D eigenvalue weighted by molar-refractivity contribution is 7.58. The van der Waals surface area contributed by atoms with Crippen molar-refractivity contribution in [2.45, 2.75) is 73.1 Å². The third-order valence-electron chi connectivity index (χ3n) is 7.18. The Hall–Kier alpha value is -2.49. The molecule has 0 aliphatic carbocycles. The van der Waals surface area contributed by atoms with Crippen LogP contribution in [0.15, 0.2) is 54.7 Å². The highest BCUT2D eigenvalue weighted by atomic mass is 31.2. The van der Waals surface area contributed by atoms with E-state index in [0.29, 0.717) is 25.2 Å². The van der Waals surface area contributed by atoms with Gasteiger partial charge in [0.05, 0.1) is 12.8 Å². The molecule has 0 saturated carbocycles. The zero-order chi connectivity index (χ0) is 27.4. The molecule has 0 radical (unpaired) electrons. The maximum atomic E-state index is 14.8. The van der Waals surface area contributed by atoms with Crippen LogP contribution in [0.4, 0.5) is 4.39 Å². The number of aryl methyl sites for hydroxylation is 1. The zero-order valence-electron chi connectivity index (χ0n) is 23.5. The first-order valence-electron chi connectivity index (χ1n) is 13.0. The molecular weight excluding hydrogens is 484 g/mol. The second-order valence-corrected chi connectivity index (χ2v) is 14.1. The molecule has 3 aromatic rings. The van der Waals surface area contributed by atoms with E-state index in [4.69, 9.17) is 9.26 Å². The van der Waals surface area contributed by atoms with E-state index in [9.17, 15) is 8.96 Å². The fraction of sp³-hybridized carbons (Fsp3) is 0.452. The number of aromatic nitrogens is 1. The number of nitrogens with zero attached hydrogens (tertiary/aromatic N) is 1. The van der Waals surface area contributed by atoms with E-state index in [-0.39, 0.29) is 22.8 Å². The Morgan fingerprint density at radius 3 is 2.43 bits per heavy atom. The Morgan fingerprint density at radius 2 is 1.76 bits per heavy atom. The minimum atomic E-state index is -2.66. The van der Waals surface area contributed by atoms with Crippen molar-refractivity contribution in [1.29, 1.82) is 0 Å². The van der Waals surface area contributed by atoms with Gasteiger partial charge in [-0.2, -0.15) is 0 Å². The maximum absolute atomic E-state index is 14.8. The van der Waals surface area contributed by atoms with Gasteiger partial charge in [-0.1, -0.05) is 65.0 Å². The molecule has 0 amide bonds. The smallest absolute Gasteiger partial charge is 0.203 e. The van der Waals surface area contributed by atoms with E-state index in [0.717, 1.165) is 33.7 Å². The molecule has 0 fully saturated rings. The number of pyridine rings is 1. The summed E-state index contributed by atoms with van der Waals surface area (Å²) in [6, 6.07) is 15.9. The number of halogens is 1. The van der Waals surface area contributed by atoms with E-state index in [1.54, 1.807) is 6.66 Å². The Bertz CT molecular complexity index is 1270. The summed E-state index contributed by atoms with van der Waals surface area (Å²) in [7, 11) is -2.66. The second-order valence-electron chi connectivity index (χ2n) is 11.1. The Labute approximate surface area is 222 Å². The molecule has 1 heterocycles. The van der Waals surface area contributed by atoms with Crippen molar-refractivity contribution in [2.75, 3.05) is 13.3 Å². The first-order chi connectivity index (χ1) is 17.3. The van der Waals surface area contributed by atoms with Crippen molar-refractivity contribution in [3.63, 3.8) is 0 Å². The highest BCUT2D eigenvalue weighted by Crippen LogP contribution is 2.49. The van der Waals surface area contributed by atoms with Gasteiger partial charge in [0.2, 0.25) is 7.37 Å². The molecular formula is C31H41FNO3P. The van der Waals surface area contributed by atoms with Gasteiger partial charge in [-0.15, -0.1) is 0 Å². The average Bonchev–Trinajstić information content (AvgIpc) is 2.83. The van der Waals surface area contributed by atoms with Crippen molar-refractivity contribution >= 4 is 7.37 Å². The third kappa shape index (κ3) is 7.52. The van der Waals surface area contributed by atoms with Crippen molar-refractivity contribution < 1.29 is 18.2 Å². The van der Waals surface area contributed by atoms with Crippen molar-refractivity contribution in [3.05, 3.63) is 82.9 Å². The van der Waals surface area contributed by atoms with E-state index in [1.807, 2.05) is 63.2 Å². The maximum Gasteiger partial charge on any atom is 0.203 e. The van der Waals surface area contributed by atoms with Crippen LogP contribution < -0.4 is 4.74 Å². The van der Waals surface area contributed by atoms with E-state index in [2.05, 4.69) is 38.7 Å². The van der Waals surface area contributed by atoms with Gasteiger partial charge >= 0.3 is 0 Å². The van der Waals surface area contributed by atoms with Crippen molar-refractivity contribution in [3.8, 4) is 16.9 Å². The second kappa shape index (κ2) is 11.9. The number of ether oxygens (including phenoxy) is 1. The lowest BCUT2D eigenvalue weighted by atomic mass is 9.75. The highest BCUT2D eigenvalue weighted by Gasteiger charge is 2.26. The summed E-state index contributed by atoms with van der Waals surface area (Å²) in [6.07, 6.45) is 1.96. The summed E-state index contributed by atoms with van der Waals surface area (Å²) < 4.78 is 39.2. The Balaban J connectivity index is 1.85. The average molecular weight is 526 g/mol. The van der Waals surface area contributed by atoms with Gasteiger partial charge in [-0.25, -0.2) is 4.39 Å². The van der Waals surface area contributed by atoms with Gasteiger partial charge in [0.25, 0.3) is 0 Å². The molecule has 0 N–H and O–H groups in total. The van der Waals surface area contributed by atoms with Crippen LogP contribution in [-0.4, -0.2) is 23.9 Å². The standard InChI is InChI=1S/C31H41FNO3P/c1-9-36-37(8,34)22(3)16-24-11-10-12-26(17-24)35-20-25-13-14-27(28(18-25)23(4)31(5,6)7)29-15-21(2)33-19-30(29)32/h10-15,17-19,22-23H,9,16,20H2,1-8H3/t22-,23-,37?/m1/s1. The van der Waals surface area contributed by atoms with Gasteiger partial charge in [0.15, 0.2) is 0 Å². The fourth-order valence-electron chi connectivity index (χ4n) is 4.34. The summed E-state index contributed by atoms with van der Waals surface area (Å²) >= 11 is 0. The van der Waals surface area contributed by atoms with Crippen LogP contribution in [0.2, 0.25) is 0 Å². The molecule has 1 unspecified atom stereocenters.